The molecule has 0 aliphatic rings. The summed E-state index contributed by atoms with van der Waals surface area (Å²) in [6.07, 6.45) is 0. The number of methoxy groups -OCH3 is 2. The summed E-state index contributed by atoms with van der Waals surface area (Å²) in [4.78, 5) is 17.4. The van der Waals surface area contributed by atoms with Crippen molar-refractivity contribution in [1.29, 1.82) is 5.26 Å². The Balaban J connectivity index is 1.41. The van der Waals surface area contributed by atoms with Gasteiger partial charge in [0.05, 0.1) is 30.6 Å². The second-order valence-electron chi connectivity index (χ2n) is 8.93. The molecule has 0 spiro atoms. The highest BCUT2D eigenvalue weighted by Crippen LogP contribution is 2.42. The lowest BCUT2D eigenvalue weighted by Crippen LogP contribution is -2.14. The molecule has 0 fully saturated rings. The number of oxazole rings is 1. The Hall–Kier alpha value is -4.73. The second kappa shape index (κ2) is 12.0. The predicted molar refractivity (Wildman–Crippen MR) is 158 cm³/mol. The molecule has 2 aromatic heterocycles. The fraction of sp³-hybridized carbons (Fsp3) is 0.167. The molecule has 214 valence electrons. The Bertz CT molecular complexity index is 1900. The maximum absolute atomic E-state index is 13.0. The van der Waals surface area contributed by atoms with Crippen molar-refractivity contribution >= 4 is 44.5 Å². The smallest absolute Gasteiger partial charge is 0.257 e. The number of fused-ring (bicyclic) bond motifs is 1. The minimum Gasteiger partial charge on any atom is -0.497 e. The zero-order chi connectivity index (χ0) is 29.9. The van der Waals surface area contributed by atoms with Gasteiger partial charge >= 0.3 is 0 Å². The van der Waals surface area contributed by atoms with Gasteiger partial charge in [0.15, 0.2) is 15.4 Å². The van der Waals surface area contributed by atoms with E-state index in [1.54, 1.807) is 63.6 Å². The third-order valence-electron chi connectivity index (χ3n) is 6.41. The topological polar surface area (TPSA) is 145 Å². The number of amides is 1. The van der Waals surface area contributed by atoms with Crippen LogP contribution in [0.3, 0.4) is 0 Å². The van der Waals surface area contributed by atoms with Gasteiger partial charge in [0, 0.05) is 11.1 Å². The van der Waals surface area contributed by atoms with Gasteiger partial charge < -0.3 is 18.3 Å². The largest absolute Gasteiger partial charge is 0.497 e. The lowest BCUT2D eigenvalue weighted by Gasteiger charge is -2.06. The van der Waals surface area contributed by atoms with Gasteiger partial charge in [-0.05, 0) is 60.2 Å². The lowest BCUT2D eigenvalue weighted by molar-refractivity contribution is -0.113. The minimum absolute atomic E-state index is 0.00622. The number of hydrogen-bond donors (Lipinski definition) is 1. The maximum Gasteiger partial charge on any atom is 0.257 e. The summed E-state index contributed by atoms with van der Waals surface area (Å²) < 4.78 is 46.7. The average Bonchev–Trinajstić information content (AvgIpc) is 3.60. The molecule has 10 nitrogen and oxygen atoms in total. The molecule has 0 saturated carbocycles. The lowest BCUT2D eigenvalue weighted by atomic mass is 9.98. The van der Waals surface area contributed by atoms with Gasteiger partial charge in [0.2, 0.25) is 11.8 Å². The zero-order valence-corrected chi connectivity index (χ0v) is 24.5. The number of ether oxygens (including phenoxy) is 2. The van der Waals surface area contributed by atoms with E-state index < -0.39 is 15.7 Å². The molecule has 0 unspecified atom stereocenters. The number of nitriles is 1. The van der Waals surface area contributed by atoms with Crippen molar-refractivity contribution in [3.8, 4) is 40.0 Å². The number of hydrogen-bond acceptors (Lipinski definition) is 10. The number of benzene rings is 3. The van der Waals surface area contributed by atoms with Crippen molar-refractivity contribution in [2.45, 2.75) is 17.0 Å². The van der Waals surface area contributed by atoms with Crippen LogP contribution in [-0.2, 0) is 14.6 Å². The van der Waals surface area contributed by atoms with Gasteiger partial charge in [-0.3, -0.25) is 10.1 Å². The predicted octanol–water partition coefficient (Wildman–Crippen LogP) is 6.17. The molecule has 2 heterocycles. The van der Waals surface area contributed by atoms with Crippen molar-refractivity contribution in [3.63, 3.8) is 0 Å². The van der Waals surface area contributed by atoms with Crippen molar-refractivity contribution in [2.24, 2.45) is 0 Å². The molecule has 1 amide bonds. The SMILES string of the molecule is CCS(=O)(=O)c1ccc2oc(SCC(=O)Nc3oc(-c4ccc(OC)cc4)c(-c4ccc(OC)cc4)c3C#N)nc2c1. The first-order chi connectivity index (χ1) is 20.3. The van der Waals surface area contributed by atoms with E-state index in [9.17, 15) is 18.5 Å². The number of furan rings is 1. The van der Waals surface area contributed by atoms with Crippen LogP contribution in [0.15, 0.2) is 85.7 Å². The highest BCUT2D eigenvalue weighted by Gasteiger charge is 2.25. The van der Waals surface area contributed by atoms with E-state index in [1.165, 1.54) is 12.1 Å². The third kappa shape index (κ3) is 5.83. The molecular formula is C30H25N3O7S2. The molecule has 12 heteroatoms. The van der Waals surface area contributed by atoms with E-state index in [4.69, 9.17) is 18.3 Å². The van der Waals surface area contributed by atoms with E-state index >= 15 is 0 Å². The molecule has 0 bridgehead atoms. The number of carbonyl (C=O) groups is 1. The molecule has 5 rings (SSSR count). The van der Waals surface area contributed by atoms with Gasteiger partial charge in [-0.1, -0.05) is 30.8 Å². The van der Waals surface area contributed by atoms with Crippen molar-refractivity contribution in [2.75, 3.05) is 31.0 Å². The number of aromatic nitrogens is 1. The molecular weight excluding hydrogens is 578 g/mol. The van der Waals surface area contributed by atoms with Gasteiger partial charge in [-0.25, -0.2) is 13.4 Å². The number of carbonyl (C=O) groups excluding carboxylic acids is 1. The number of nitrogens with one attached hydrogen (secondary N) is 1. The molecule has 0 aliphatic carbocycles. The summed E-state index contributed by atoms with van der Waals surface area (Å²) in [5, 5.41) is 13.0. The summed E-state index contributed by atoms with van der Waals surface area (Å²) in [5.41, 5.74) is 2.84. The summed E-state index contributed by atoms with van der Waals surface area (Å²) in [6, 6.07) is 21.0. The molecule has 1 N–H and O–H groups in total. The van der Waals surface area contributed by atoms with Crippen molar-refractivity contribution < 1.29 is 31.5 Å². The third-order valence-corrected chi connectivity index (χ3v) is 8.97. The summed E-state index contributed by atoms with van der Waals surface area (Å²) in [5.74, 6) is 1.13. The summed E-state index contributed by atoms with van der Waals surface area (Å²) >= 11 is 1.03. The minimum atomic E-state index is -3.40. The van der Waals surface area contributed by atoms with Gasteiger partial charge in [0.1, 0.15) is 34.4 Å². The van der Waals surface area contributed by atoms with Crippen LogP contribution in [0.4, 0.5) is 5.88 Å². The highest BCUT2D eigenvalue weighted by molar-refractivity contribution is 7.99. The van der Waals surface area contributed by atoms with Crippen molar-refractivity contribution in [3.05, 3.63) is 72.3 Å². The standard InChI is InChI=1S/C30H25N3O7S2/c1-4-42(35,36)22-13-14-25-24(15-22)32-30(39-25)41-17-26(34)33-29-23(16-31)27(18-5-9-20(37-2)10-6-18)28(40-29)19-7-11-21(38-3)12-8-19/h5-15H,4,17H2,1-3H3,(H,33,34). The van der Waals surface area contributed by atoms with Crippen LogP contribution in [0, 0.1) is 11.3 Å². The van der Waals surface area contributed by atoms with Crippen LogP contribution in [0.1, 0.15) is 12.5 Å². The Morgan fingerprint density at radius 3 is 2.21 bits per heavy atom. The quantitative estimate of drug-likeness (QED) is 0.184. The number of rotatable bonds is 10. The number of thioether (sulfide) groups is 1. The van der Waals surface area contributed by atoms with E-state index in [0.29, 0.717) is 45.0 Å². The van der Waals surface area contributed by atoms with Crippen molar-refractivity contribution in [1.82, 2.24) is 4.98 Å². The van der Waals surface area contributed by atoms with Crippen LogP contribution in [0.25, 0.3) is 33.6 Å². The normalized spacial score (nSPS) is 11.3. The van der Waals surface area contributed by atoms with Crippen LogP contribution in [-0.4, -0.2) is 45.0 Å². The van der Waals surface area contributed by atoms with E-state index in [1.807, 2.05) is 12.1 Å². The van der Waals surface area contributed by atoms with Crippen LogP contribution >= 0.6 is 11.8 Å². The molecule has 0 saturated heterocycles. The van der Waals surface area contributed by atoms with E-state index in [-0.39, 0.29) is 33.1 Å². The highest BCUT2D eigenvalue weighted by atomic mass is 32.2. The Kier molecular flexibility index (Phi) is 8.24. The number of sulfone groups is 1. The molecule has 0 radical (unpaired) electrons. The monoisotopic (exact) mass is 603 g/mol. The molecule has 0 aliphatic heterocycles. The van der Waals surface area contributed by atoms with Gasteiger partial charge in [-0.2, -0.15) is 5.26 Å². The maximum atomic E-state index is 13.0. The Morgan fingerprint density at radius 2 is 1.62 bits per heavy atom. The first kappa shape index (κ1) is 28.8. The van der Waals surface area contributed by atoms with E-state index in [2.05, 4.69) is 16.4 Å². The number of nitrogens with zero attached hydrogens (tertiary/aromatic N) is 2. The fourth-order valence-electron chi connectivity index (χ4n) is 4.20. The first-order valence-electron chi connectivity index (χ1n) is 12.7. The Morgan fingerprint density at radius 1 is 0.976 bits per heavy atom. The van der Waals surface area contributed by atoms with Crippen LogP contribution in [0.2, 0.25) is 0 Å². The van der Waals surface area contributed by atoms with E-state index in [0.717, 1.165) is 11.8 Å². The molecule has 0 atom stereocenters. The average molecular weight is 604 g/mol. The molecule has 42 heavy (non-hydrogen) atoms. The molecule has 3 aromatic carbocycles. The van der Waals surface area contributed by atoms with Crippen LogP contribution < -0.4 is 14.8 Å². The number of anilines is 1. The van der Waals surface area contributed by atoms with Gasteiger partial charge in [-0.15, -0.1) is 0 Å². The zero-order valence-electron chi connectivity index (χ0n) is 22.8. The fourth-order valence-corrected chi connectivity index (χ4v) is 5.74. The first-order valence-corrected chi connectivity index (χ1v) is 15.3. The second-order valence-corrected chi connectivity index (χ2v) is 12.1. The van der Waals surface area contributed by atoms with Gasteiger partial charge in [0.25, 0.3) is 5.22 Å². The molecule has 5 aromatic rings. The summed E-state index contributed by atoms with van der Waals surface area (Å²) in [6.45, 7) is 1.57. The summed E-state index contributed by atoms with van der Waals surface area (Å²) in [7, 11) is -0.263. The van der Waals surface area contributed by atoms with Crippen LogP contribution in [0.5, 0.6) is 11.5 Å². The Labute approximate surface area is 246 Å².